The number of imide groups is 2. The van der Waals surface area contributed by atoms with E-state index in [9.17, 15) is 47.7 Å². The Labute approximate surface area is 555 Å². The van der Waals surface area contributed by atoms with E-state index in [0.717, 1.165) is 12.5 Å². The number of ether oxygens (including phenoxy) is 4. The number of aliphatic hydroxyl groups is 2. The molecule has 15 N–H and O–H groups in total. The molecular weight excluding hydrogens is 1240 g/mol. The highest BCUT2D eigenvalue weighted by molar-refractivity contribution is 7.90. The van der Waals surface area contributed by atoms with E-state index < -0.39 is 189 Å². The molecule has 0 fully saturated rings. The number of nitrogens with one attached hydrogen (secondary N) is 4. The summed E-state index contributed by atoms with van der Waals surface area (Å²) in [6, 6.07) is -11.7. The molecule has 1 aromatic carbocycles. The summed E-state index contributed by atoms with van der Waals surface area (Å²) in [7, 11) is -4.37. The highest BCUT2D eigenvalue weighted by atomic mass is 32.2. The van der Waals surface area contributed by atoms with Crippen molar-refractivity contribution in [2.75, 3.05) is 26.3 Å². The van der Waals surface area contributed by atoms with Gasteiger partial charge >= 0.3 is 12.1 Å². The second-order valence-electron chi connectivity index (χ2n) is 29.5. The quantitative estimate of drug-likeness (QED) is 0.0228. The number of hydrogen-bond donors (Lipinski definition) is 11. The van der Waals surface area contributed by atoms with Gasteiger partial charge in [0.15, 0.2) is 17.4 Å². The van der Waals surface area contributed by atoms with Crippen LogP contribution in [0, 0.1) is 38.0 Å². The number of aliphatic hydroxyl groups excluding tert-OH is 2. The van der Waals surface area contributed by atoms with E-state index in [4.69, 9.17) is 41.9 Å². The summed E-state index contributed by atoms with van der Waals surface area (Å²) in [5, 5.41) is 40.7. The average molecular weight is 1350 g/mol. The summed E-state index contributed by atoms with van der Waals surface area (Å²) in [6.07, 6.45) is -5.11. The number of amides is 7. The number of aliphatic imine (C=N–C) groups is 1. The molecule has 2 rings (SSSR count). The Balaban J connectivity index is 2.99. The van der Waals surface area contributed by atoms with Gasteiger partial charge in [-0.15, -0.1) is 0 Å². The summed E-state index contributed by atoms with van der Waals surface area (Å²) >= 11 is 0. The number of carboxylic acids is 1. The number of sulfonamides is 1. The van der Waals surface area contributed by atoms with Gasteiger partial charge < -0.3 is 73.2 Å². The molecule has 1 aliphatic rings. The number of alkyl carbamates (subject to hydrolysis) is 1. The third-order valence-electron chi connectivity index (χ3n) is 15.7. The van der Waals surface area contributed by atoms with Gasteiger partial charge in [0.2, 0.25) is 35.5 Å². The maximum atomic E-state index is 16.3. The van der Waals surface area contributed by atoms with E-state index in [-0.39, 0.29) is 40.5 Å². The van der Waals surface area contributed by atoms with Gasteiger partial charge in [-0.2, -0.15) is 0 Å². The summed E-state index contributed by atoms with van der Waals surface area (Å²) in [6.45, 7) is 32.3. The predicted octanol–water partition coefficient (Wildman–Crippen LogP) is 2.55. The number of rotatable bonds is 30. The first-order chi connectivity index (χ1) is 42.6. The first-order valence-corrected chi connectivity index (χ1v) is 33.2. The molecule has 29 nitrogen and oxygen atoms in total. The number of nitrogens with zero attached hydrogens (tertiary/aromatic N) is 3. The minimum absolute atomic E-state index is 0.0107. The topological polar surface area (TPSA) is 456 Å². The summed E-state index contributed by atoms with van der Waals surface area (Å²) in [5.41, 5.74) is 20.4. The molecule has 0 aliphatic carbocycles. The molecule has 536 valence electrons. The molecule has 0 aromatic heterocycles. The van der Waals surface area contributed by atoms with E-state index >= 15 is 19.2 Å². The zero-order valence-corrected chi connectivity index (χ0v) is 60.2. The Morgan fingerprint density at radius 3 is 1.78 bits per heavy atom. The Kier molecular flexibility index (Phi) is 29.4. The molecular formula is C64H111N11O18S. The van der Waals surface area contributed by atoms with Crippen molar-refractivity contribution in [3.8, 4) is 5.75 Å². The van der Waals surface area contributed by atoms with Crippen molar-refractivity contribution in [2.24, 2.45) is 45.2 Å². The van der Waals surface area contributed by atoms with Crippen LogP contribution >= 0.6 is 0 Å². The highest BCUT2D eigenvalue weighted by Crippen LogP contribution is 2.42. The Hall–Kier alpha value is -6.41. The molecule has 0 radical (unpaired) electrons. The molecule has 0 saturated heterocycles. The van der Waals surface area contributed by atoms with Crippen LogP contribution in [0.3, 0.4) is 0 Å². The van der Waals surface area contributed by atoms with Crippen molar-refractivity contribution < 1.29 is 85.8 Å². The standard InChI is InChI=1S/C64H111N11O18S/c1-23-34(4)64(50(79)46(47(78)33(2)3)72-58(87)93-62(18,19)20,56(86)71-45(38(8)76)51(80)70-30-44(77)74(43(55(84)85)32-91-61(15,16)17)52(81)42(67)31-90-60(12,13)14)75(54(83)41(66)29-59(9,10)11)53(82)40(65)25-24-28-69-57(68)73-94(88,89)49-36(6)35(5)48-39(37(49)7)26-27-63(21,22)92-48/h33-34,38,40-43,45-47,76,78H,23-32,65-67H2,1-22H3,(H,70,80)(H,71,86)(H,72,87)(H,84,85)(H3,68,69,73)/t34-,38-,40+,41-,42-,43-,45-,46-,47+,64+/m0/s1. The summed E-state index contributed by atoms with van der Waals surface area (Å²) < 4.78 is 53.6. The van der Waals surface area contributed by atoms with Crippen LogP contribution < -0.4 is 48.3 Å². The lowest BCUT2D eigenvalue weighted by molar-refractivity contribution is -0.171. The van der Waals surface area contributed by atoms with Gasteiger partial charge in [0.1, 0.15) is 35.1 Å². The summed E-state index contributed by atoms with van der Waals surface area (Å²) in [5.74, 6) is -14.2. The van der Waals surface area contributed by atoms with Crippen molar-refractivity contribution in [1.29, 1.82) is 0 Å². The van der Waals surface area contributed by atoms with Crippen LogP contribution in [0.1, 0.15) is 186 Å². The Bertz CT molecular complexity index is 3050. The minimum atomic E-state index is -4.37. The van der Waals surface area contributed by atoms with Gasteiger partial charge in [-0.25, -0.2) is 22.7 Å². The number of hydrogen-bond acceptors (Lipinski definition) is 21. The van der Waals surface area contributed by atoms with Crippen LogP contribution in [0.15, 0.2) is 9.89 Å². The minimum Gasteiger partial charge on any atom is -0.487 e. The molecule has 1 aliphatic heterocycles. The number of benzene rings is 1. The SMILES string of the molecule is CC[C@H](C)[C@](C(=O)N[C@H](C(=O)NCC(=O)N(C(=O)[C@@H](N)COC(C)(C)C)[C@@H](COC(C)(C)C)C(=O)O)[C@H](C)O)(C(=O)[C@@H](NC(=O)OC(C)(C)C)[C@H](O)C(C)C)N(C(=O)[C@H](N)CCCN=C(N)NS(=O)(=O)c1c(C)c(C)c2c(c1C)CCC(C)(C)O2)C(=O)[C@@H](N)CC(C)(C)C. The van der Waals surface area contributed by atoms with E-state index in [1.54, 1.807) is 83.1 Å². The van der Waals surface area contributed by atoms with Crippen LogP contribution in [0.25, 0.3) is 0 Å². The average Bonchev–Trinajstić information content (AvgIpc) is 0.739. The van der Waals surface area contributed by atoms with Crippen LogP contribution in [-0.2, 0) is 69.0 Å². The lowest BCUT2D eigenvalue weighted by atomic mass is 9.72. The van der Waals surface area contributed by atoms with Crippen molar-refractivity contribution >= 4 is 69.3 Å². The number of carboxylic acid groups (broad SMARTS) is 1. The lowest BCUT2D eigenvalue weighted by Crippen LogP contribution is -2.77. The van der Waals surface area contributed by atoms with E-state index in [1.165, 1.54) is 48.5 Å². The predicted molar refractivity (Wildman–Crippen MR) is 352 cm³/mol. The molecule has 30 heteroatoms. The fourth-order valence-corrected chi connectivity index (χ4v) is 12.0. The van der Waals surface area contributed by atoms with Gasteiger partial charge in [-0.3, -0.25) is 48.4 Å². The monoisotopic (exact) mass is 1350 g/mol. The maximum Gasteiger partial charge on any atom is 0.408 e. The number of Topliss-reactive ketones (excluding diaryl/α,β-unsaturated/α-hetero) is 1. The van der Waals surface area contributed by atoms with Gasteiger partial charge in [0.05, 0.1) is 60.1 Å². The van der Waals surface area contributed by atoms with Crippen molar-refractivity contribution in [3.63, 3.8) is 0 Å². The maximum absolute atomic E-state index is 16.3. The molecule has 0 unspecified atom stereocenters. The fourth-order valence-electron chi connectivity index (χ4n) is 10.4. The van der Waals surface area contributed by atoms with E-state index in [2.05, 4.69) is 25.7 Å². The second kappa shape index (κ2) is 33.0. The van der Waals surface area contributed by atoms with E-state index in [1.807, 2.05) is 13.8 Å². The summed E-state index contributed by atoms with van der Waals surface area (Å²) in [4.78, 5) is 138. The van der Waals surface area contributed by atoms with Crippen molar-refractivity contribution in [1.82, 2.24) is 30.5 Å². The molecule has 7 amide bonds. The molecule has 94 heavy (non-hydrogen) atoms. The zero-order valence-electron chi connectivity index (χ0n) is 59.4. The Morgan fingerprint density at radius 1 is 0.745 bits per heavy atom. The van der Waals surface area contributed by atoms with Crippen LogP contribution in [0.2, 0.25) is 0 Å². The van der Waals surface area contributed by atoms with Crippen LogP contribution in [-0.4, -0.2) is 195 Å². The smallest absolute Gasteiger partial charge is 0.408 e. The molecule has 1 heterocycles. The van der Waals surface area contributed by atoms with Gasteiger partial charge in [0.25, 0.3) is 15.9 Å². The molecule has 0 spiro atoms. The third-order valence-corrected chi connectivity index (χ3v) is 17.3. The number of aliphatic carboxylic acids is 1. The number of ketones is 1. The van der Waals surface area contributed by atoms with Gasteiger partial charge in [-0.05, 0) is 175 Å². The van der Waals surface area contributed by atoms with Crippen molar-refractivity contribution in [2.45, 2.75) is 272 Å². The molecule has 1 aromatic rings. The number of carbonyl (C=O) groups is 9. The van der Waals surface area contributed by atoms with Crippen LogP contribution in [0.4, 0.5) is 4.79 Å². The molecule has 0 bridgehead atoms. The number of guanidine groups is 1. The van der Waals surface area contributed by atoms with Crippen LogP contribution in [0.5, 0.6) is 5.75 Å². The second-order valence-corrected chi connectivity index (χ2v) is 31.1. The van der Waals surface area contributed by atoms with Crippen molar-refractivity contribution in [3.05, 3.63) is 22.3 Å². The first kappa shape index (κ1) is 83.7. The normalized spacial score (nSPS) is 17.4. The fraction of sp³-hybridized carbons (Fsp3) is 0.750. The highest BCUT2D eigenvalue weighted by Gasteiger charge is 2.63. The third kappa shape index (κ3) is 22.9. The largest absolute Gasteiger partial charge is 0.487 e. The Morgan fingerprint density at radius 2 is 1.29 bits per heavy atom. The molecule has 0 saturated carbocycles. The number of fused-ring (bicyclic) bond motifs is 1. The first-order valence-electron chi connectivity index (χ1n) is 31.7. The number of nitrogens with two attached hydrogens (primary N) is 4. The zero-order chi connectivity index (χ0) is 73.1. The van der Waals surface area contributed by atoms with Gasteiger partial charge in [0, 0.05) is 6.54 Å². The molecule has 10 atom stereocenters. The van der Waals surface area contributed by atoms with Gasteiger partial charge in [-0.1, -0.05) is 54.9 Å². The lowest BCUT2D eigenvalue weighted by Gasteiger charge is -2.48. The number of carbonyl (C=O) groups excluding carboxylic acids is 8. The van der Waals surface area contributed by atoms with E-state index in [0.29, 0.717) is 35.3 Å².